The van der Waals surface area contributed by atoms with Crippen LogP contribution in [0, 0.1) is 0 Å². The Morgan fingerprint density at radius 2 is 1.81 bits per heavy atom. The van der Waals surface area contributed by atoms with E-state index in [0.717, 1.165) is 5.69 Å². The third-order valence-electron chi connectivity index (χ3n) is 3.10. The van der Waals surface area contributed by atoms with Gasteiger partial charge in [-0.15, -0.1) is 0 Å². The number of hydrogen-bond donors (Lipinski definition) is 1. The number of para-hydroxylation sites is 1. The Hall–Kier alpha value is -1.71. The van der Waals surface area contributed by atoms with Crippen molar-refractivity contribution in [1.29, 1.82) is 0 Å². The third-order valence-corrected chi connectivity index (χ3v) is 3.92. The summed E-state index contributed by atoms with van der Waals surface area (Å²) in [5.41, 5.74) is 1.61. The van der Waals surface area contributed by atoms with Gasteiger partial charge < -0.3 is 10.2 Å². The highest BCUT2D eigenvalue weighted by molar-refractivity contribution is 6.43. The second-order valence-electron chi connectivity index (χ2n) is 4.66. The number of benzene rings is 2. The normalized spacial score (nSPS) is 10.2. The van der Waals surface area contributed by atoms with E-state index in [2.05, 4.69) is 5.32 Å². The van der Waals surface area contributed by atoms with Crippen LogP contribution in [0.5, 0.6) is 0 Å². The summed E-state index contributed by atoms with van der Waals surface area (Å²) in [6.45, 7) is 0.619. The van der Waals surface area contributed by atoms with Crippen molar-refractivity contribution in [3.8, 4) is 0 Å². The van der Waals surface area contributed by atoms with Gasteiger partial charge in [0.25, 0.3) is 0 Å². The van der Waals surface area contributed by atoms with Crippen LogP contribution in [0.15, 0.2) is 48.5 Å². The van der Waals surface area contributed by atoms with Gasteiger partial charge in [0.2, 0.25) is 5.91 Å². The van der Waals surface area contributed by atoms with Crippen LogP contribution in [-0.4, -0.2) is 19.5 Å². The van der Waals surface area contributed by atoms with Gasteiger partial charge in [-0.05, 0) is 24.3 Å². The third kappa shape index (κ3) is 4.38. The summed E-state index contributed by atoms with van der Waals surface area (Å²) in [5.74, 6) is -0.0954. The van der Waals surface area contributed by atoms with Crippen molar-refractivity contribution >= 4 is 40.5 Å². The predicted molar refractivity (Wildman–Crippen MR) is 89.4 cm³/mol. The molecule has 1 amide bonds. The molecule has 0 bridgehead atoms. The molecule has 1 N–H and O–H groups in total. The molecule has 0 saturated carbocycles. The number of halogens is 2. The van der Waals surface area contributed by atoms with Crippen molar-refractivity contribution in [2.24, 2.45) is 0 Å². The van der Waals surface area contributed by atoms with Crippen LogP contribution in [0.25, 0.3) is 0 Å². The van der Waals surface area contributed by atoms with E-state index in [4.69, 9.17) is 23.2 Å². The molecule has 0 aromatic heterocycles. The minimum absolute atomic E-state index is 0.0954. The van der Waals surface area contributed by atoms with Gasteiger partial charge in [-0.1, -0.05) is 47.5 Å². The summed E-state index contributed by atoms with van der Waals surface area (Å²) < 4.78 is 0. The molecule has 5 heteroatoms. The Bertz CT molecular complexity index is 617. The van der Waals surface area contributed by atoms with E-state index in [-0.39, 0.29) is 5.91 Å². The first-order chi connectivity index (χ1) is 10.1. The van der Waals surface area contributed by atoms with E-state index in [1.54, 1.807) is 18.2 Å². The number of hydrogen-bond acceptors (Lipinski definition) is 2. The molecule has 0 radical (unpaired) electrons. The molecule has 0 atom stereocenters. The molecule has 3 nitrogen and oxygen atoms in total. The lowest BCUT2D eigenvalue weighted by Crippen LogP contribution is -2.23. The fourth-order valence-electron chi connectivity index (χ4n) is 1.89. The zero-order valence-corrected chi connectivity index (χ0v) is 13.2. The molecule has 0 aliphatic rings. The van der Waals surface area contributed by atoms with Crippen LogP contribution in [0.4, 0.5) is 11.4 Å². The largest absolute Gasteiger partial charge is 0.374 e. The van der Waals surface area contributed by atoms with Crippen molar-refractivity contribution in [1.82, 2.24) is 0 Å². The van der Waals surface area contributed by atoms with Gasteiger partial charge in [0.15, 0.2) is 0 Å². The number of rotatable bonds is 5. The van der Waals surface area contributed by atoms with Gasteiger partial charge in [0.1, 0.15) is 0 Å². The van der Waals surface area contributed by atoms with E-state index in [1.807, 2.05) is 42.3 Å². The van der Waals surface area contributed by atoms with Gasteiger partial charge in [0, 0.05) is 25.7 Å². The zero-order chi connectivity index (χ0) is 15.2. The van der Waals surface area contributed by atoms with Crippen LogP contribution in [0.3, 0.4) is 0 Å². The van der Waals surface area contributed by atoms with E-state index in [1.165, 1.54) is 0 Å². The number of nitrogens with one attached hydrogen (secondary N) is 1. The molecule has 0 unspecified atom stereocenters. The standard InChI is InChI=1S/C16H16Cl2N2O/c1-20(12-6-3-2-4-7-12)11-10-15(21)19-14-9-5-8-13(17)16(14)18/h2-9H,10-11H2,1H3,(H,19,21). The second-order valence-corrected chi connectivity index (χ2v) is 5.44. The smallest absolute Gasteiger partial charge is 0.226 e. The number of nitrogens with zero attached hydrogens (tertiary/aromatic N) is 1. The fraction of sp³-hybridized carbons (Fsp3) is 0.188. The molecule has 0 aliphatic heterocycles. The number of carbonyl (C=O) groups excluding carboxylic acids is 1. The number of anilines is 2. The van der Waals surface area contributed by atoms with Crippen LogP contribution in [0.1, 0.15) is 6.42 Å². The van der Waals surface area contributed by atoms with Crippen LogP contribution < -0.4 is 10.2 Å². The first-order valence-electron chi connectivity index (χ1n) is 6.58. The summed E-state index contributed by atoms with van der Waals surface area (Å²) in [7, 11) is 1.95. The Balaban J connectivity index is 1.89. The maximum absolute atomic E-state index is 12.0. The molecule has 21 heavy (non-hydrogen) atoms. The molecule has 2 rings (SSSR count). The molecule has 2 aromatic rings. The summed E-state index contributed by atoms with van der Waals surface area (Å²) in [4.78, 5) is 14.0. The quantitative estimate of drug-likeness (QED) is 0.881. The summed E-state index contributed by atoms with van der Waals surface area (Å²) in [6, 6.07) is 15.1. The van der Waals surface area contributed by atoms with Crippen molar-refractivity contribution in [2.45, 2.75) is 6.42 Å². The maximum Gasteiger partial charge on any atom is 0.226 e. The Morgan fingerprint density at radius 1 is 1.10 bits per heavy atom. The molecule has 0 saturated heterocycles. The molecule has 0 aliphatic carbocycles. The van der Waals surface area contributed by atoms with Crippen molar-refractivity contribution in [3.05, 3.63) is 58.6 Å². The van der Waals surface area contributed by atoms with E-state index in [0.29, 0.717) is 28.7 Å². The maximum atomic E-state index is 12.0. The Kier molecular flexibility index (Phi) is 5.48. The fourth-order valence-corrected chi connectivity index (χ4v) is 2.24. The molecule has 110 valence electrons. The Morgan fingerprint density at radius 3 is 2.52 bits per heavy atom. The molecule has 0 spiro atoms. The van der Waals surface area contributed by atoms with Crippen LogP contribution in [0.2, 0.25) is 10.0 Å². The first-order valence-corrected chi connectivity index (χ1v) is 7.33. The lowest BCUT2D eigenvalue weighted by Gasteiger charge is -2.19. The highest BCUT2D eigenvalue weighted by atomic mass is 35.5. The van der Waals surface area contributed by atoms with E-state index < -0.39 is 0 Å². The van der Waals surface area contributed by atoms with E-state index in [9.17, 15) is 4.79 Å². The summed E-state index contributed by atoms with van der Waals surface area (Å²) >= 11 is 12.0. The SMILES string of the molecule is CN(CCC(=O)Nc1cccc(Cl)c1Cl)c1ccccc1. The Labute approximate surface area is 134 Å². The topological polar surface area (TPSA) is 32.3 Å². The van der Waals surface area contributed by atoms with Gasteiger partial charge in [-0.2, -0.15) is 0 Å². The van der Waals surface area contributed by atoms with Crippen molar-refractivity contribution < 1.29 is 4.79 Å². The molecular weight excluding hydrogens is 307 g/mol. The predicted octanol–water partition coefficient (Wildman–Crippen LogP) is 4.46. The van der Waals surface area contributed by atoms with Crippen LogP contribution in [-0.2, 0) is 4.79 Å². The average Bonchev–Trinajstić information content (AvgIpc) is 2.50. The molecule has 0 heterocycles. The van der Waals surface area contributed by atoms with Gasteiger partial charge >= 0.3 is 0 Å². The molecule has 0 fully saturated rings. The van der Waals surface area contributed by atoms with Crippen LogP contribution >= 0.6 is 23.2 Å². The summed E-state index contributed by atoms with van der Waals surface area (Å²) in [5, 5.41) is 3.57. The van der Waals surface area contributed by atoms with Gasteiger partial charge in [-0.3, -0.25) is 4.79 Å². The minimum atomic E-state index is -0.0954. The first kappa shape index (κ1) is 15.7. The number of carbonyl (C=O) groups is 1. The van der Waals surface area contributed by atoms with Crippen molar-refractivity contribution in [2.75, 3.05) is 23.8 Å². The highest BCUT2D eigenvalue weighted by Gasteiger charge is 2.09. The monoisotopic (exact) mass is 322 g/mol. The second kappa shape index (κ2) is 7.34. The average molecular weight is 323 g/mol. The number of amides is 1. The zero-order valence-electron chi connectivity index (χ0n) is 11.6. The molecular formula is C16H16Cl2N2O. The van der Waals surface area contributed by atoms with Gasteiger partial charge in [0.05, 0.1) is 15.7 Å². The van der Waals surface area contributed by atoms with E-state index >= 15 is 0 Å². The van der Waals surface area contributed by atoms with Gasteiger partial charge in [-0.25, -0.2) is 0 Å². The lowest BCUT2D eigenvalue weighted by molar-refractivity contribution is -0.116. The minimum Gasteiger partial charge on any atom is -0.374 e. The van der Waals surface area contributed by atoms with Crippen molar-refractivity contribution in [3.63, 3.8) is 0 Å². The highest BCUT2D eigenvalue weighted by Crippen LogP contribution is 2.29. The summed E-state index contributed by atoms with van der Waals surface area (Å²) in [6.07, 6.45) is 0.369. The lowest BCUT2D eigenvalue weighted by atomic mass is 10.2. The molecule has 2 aromatic carbocycles.